The molecule has 0 atom stereocenters. The topological polar surface area (TPSA) is 89.3 Å². The Morgan fingerprint density at radius 1 is 1.50 bits per heavy atom. The van der Waals surface area contributed by atoms with Gasteiger partial charge in [-0.3, -0.25) is 4.79 Å². The number of hydrogen-bond donors (Lipinski definition) is 2. The summed E-state index contributed by atoms with van der Waals surface area (Å²) in [6, 6.07) is 0. The molecule has 20 heavy (non-hydrogen) atoms. The first-order valence-electron chi connectivity index (χ1n) is 6.73. The summed E-state index contributed by atoms with van der Waals surface area (Å²) in [6.07, 6.45) is 4.96. The van der Waals surface area contributed by atoms with E-state index in [1.165, 1.54) is 25.7 Å². The van der Waals surface area contributed by atoms with Crippen LogP contribution in [-0.4, -0.2) is 20.9 Å². The highest BCUT2D eigenvalue weighted by atomic mass is 32.2. The van der Waals surface area contributed by atoms with E-state index in [2.05, 4.69) is 5.32 Å². The fraction of sp³-hybridized carbons (Fsp3) is 0.615. The van der Waals surface area contributed by atoms with Crippen molar-refractivity contribution in [2.75, 3.05) is 6.54 Å². The van der Waals surface area contributed by atoms with Crippen LogP contribution in [-0.2, 0) is 10.0 Å². The summed E-state index contributed by atoms with van der Waals surface area (Å²) in [6.45, 7) is 2.33. The monoisotopic (exact) mass is 314 g/mol. The smallest absolute Gasteiger partial charge is 0.252 e. The van der Waals surface area contributed by atoms with E-state index in [1.54, 1.807) is 12.3 Å². The zero-order chi connectivity index (χ0) is 14.5. The molecular weight excluding hydrogens is 296 g/mol. The average Bonchev–Trinajstić information content (AvgIpc) is 3.22. The van der Waals surface area contributed by atoms with Gasteiger partial charge in [0.05, 0.1) is 5.56 Å². The first kappa shape index (κ1) is 14.0. The second-order valence-electron chi connectivity index (χ2n) is 5.93. The van der Waals surface area contributed by atoms with Gasteiger partial charge in [0.15, 0.2) is 0 Å². The van der Waals surface area contributed by atoms with Crippen molar-refractivity contribution in [2.24, 2.45) is 16.5 Å². The van der Waals surface area contributed by atoms with Crippen LogP contribution in [0.4, 0.5) is 0 Å². The fourth-order valence-electron chi connectivity index (χ4n) is 2.84. The Balaban J connectivity index is 1.70. The highest BCUT2D eigenvalue weighted by Gasteiger charge is 2.53. The summed E-state index contributed by atoms with van der Waals surface area (Å²) >= 11 is 1.01. The maximum atomic E-state index is 12.2. The van der Waals surface area contributed by atoms with E-state index in [0.717, 1.165) is 17.3 Å². The third-order valence-electron chi connectivity index (χ3n) is 4.43. The van der Waals surface area contributed by atoms with Gasteiger partial charge in [-0.25, -0.2) is 13.6 Å². The van der Waals surface area contributed by atoms with Gasteiger partial charge in [-0.05, 0) is 49.5 Å². The van der Waals surface area contributed by atoms with E-state index in [4.69, 9.17) is 5.14 Å². The number of carbonyl (C=O) groups is 1. The van der Waals surface area contributed by atoms with Gasteiger partial charge < -0.3 is 5.32 Å². The molecule has 1 aromatic heterocycles. The second-order valence-corrected chi connectivity index (χ2v) is 8.56. The van der Waals surface area contributed by atoms with Crippen LogP contribution in [0.1, 0.15) is 41.6 Å². The second kappa shape index (κ2) is 4.54. The quantitative estimate of drug-likeness (QED) is 0.865. The van der Waals surface area contributed by atoms with Crippen LogP contribution in [0, 0.1) is 18.3 Å². The van der Waals surface area contributed by atoms with Gasteiger partial charge >= 0.3 is 0 Å². The Morgan fingerprint density at radius 3 is 2.60 bits per heavy atom. The van der Waals surface area contributed by atoms with Crippen molar-refractivity contribution in [1.29, 1.82) is 0 Å². The molecule has 0 saturated heterocycles. The lowest BCUT2D eigenvalue weighted by molar-refractivity contribution is 0.0942. The Labute approximate surface area is 122 Å². The van der Waals surface area contributed by atoms with Gasteiger partial charge in [0, 0.05) is 11.9 Å². The highest BCUT2D eigenvalue weighted by Crippen LogP contribution is 2.60. The Bertz CT molecular complexity index is 655. The van der Waals surface area contributed by atoms with Crippen LogP contribution >= 0.6 is 11.3 Å². The SMILES string of the molecule is Cc1c(C(=O)NCC2(C3CC3)CC2)csc1S(N)(=O)=O. The first-order chi connectivity index (χ1) is 9.33. The number of sulfonamides is 1. The molecule has 0 radical (unpaired) electrons. The summed E-state index contributed by atoms with van der Waals surface area (Å²) in [5, 5.41) is 9.65. The standard InChI is InChI=1S/C13H18N2O3S2/c1-8-10(6-19-12(8)20(14,17)18)11(16)15-7-13(4-5-13)9-2-3-9/h6,9H,2-5,7H2,1H3,(H,15,16)(H2,14,17,18). The minimum Gasteiger partial charge on any atom is -0.351 e. The van der Waals surface area contributed by atoms with Crippen LogP contribution in [0.2, 0.25) is 0 Å². The summed E-state index contributed by atoms with van der Waals surface area (Å²) in [5.41, 5.74) is 1.21. The molecule has 2 saturated carbocycles. The van der Waals surface area contributed by atoms with Gasteiger partial charge in [0.1, 0.15) is 4.21 Å². The predicted molar refractivity (Wildman–Crippen MR) is 77.2 cm³/mol. The largest absolute Gasteiger partial charge is 0.351 e. The van der Waals surface area contributed by atoms with Crippen molar-refractivity contribution >= 4 is 27.3 Å². The van der Waals surface area contributed by atoms with Crippen molar-refractivity contribution in [3.63, 3.8) is 0 Å². The van der Waals surface area contributed by atoms with E-state index >= 15 is 0 Å². The number of nitrogens with two attached hydrogens (primary N) is 1. The van der Waals surface area contributed by atoms with Crippen molar-refractivity contribution in [3.8, 4) is 0 Å². The molecule has 2 aliphatic carbocycles. The third kappa shape index (κ3) is 2.49. The lowest BCUT2D eigenvalue weighted by Crippen LogP contribution is -2.31. The number of carbonyl (C=O) groups excluding carboxylic acids is 1. The predicted octanol–water partition coefficient (Wildman–Crippen LogP) is 1.62. The molecule has 0 spiro atoms. The zero-order valence-electron chi connectivity index (χ0n) is 11.3. The van der Waals surface area contributed by atoms with Crippen LogP contribution in [0.5, 0.6) is 0 Å². The molecule has 0 aliphatic heterocycles. The lowest BCUT2D eigenvalue weighted by Gasteiger charge is -2.14. The molecule has 1 aromatic rings. The van der Waals surface area contributed by atoms with Crippen molar-refractivity contribution in [1.82, 2.24) is 5.32 Å². The van der Waals surface area contributed by atoms with Crippen LogP contribution in [0.3, 0.4) is 0 Å². The summed E-state index contributed by atoms with van der Waals surface area (Å²) in [7, 11) is -3.74. The maximum Gasteiger partial charge on any atom is 0.252 e. The number of thiophene rings is 1. The Morgan fingerprint density at radius 2 is 2.15 bits per heavy atom. The van der Waals surface area contributed by atoms with Crippen LogP contribution in [0.15, 0.2) is 9.59 Å². The number of rotatable bonds is 5. The fourth-order valence-corrected chi connectivity index (χ4v) is 4.85. The first-order valence-corrected chi connectivity index (χ1v) is 9.15. The van der Waals surface area contributed by atoms with Crippen molar-refractivity contribution in [2.45, 2.75) is 36.8 Å². The van der Waals surface area contributed by atoms with Gasteiger partial charge in [0.25, 0.3) is 5.91 Å². The molecule has 2 fully saturated rings. The molecule has 3 rings (SSSR count). The molecule has 5 nitrogen and oxygen atoms in total. The molecule has 1 heterocycles. The molecule has 3 N–H and O–H groups in total. The van der Waals surface area contributed by atoms with E-state index in [1.807, 2.05) is 0 Å². The molecule has 1 amide bonds. The summed E-state index contributed by atoms with van der Waals surface area (Å²) in [4.78, 5) is 12.2. The summed E-state index contributed by atoms with van der Waals surface area (Å²) in [5.74, 6) is 0.590. The maximum absolute atomic E-state index is 12.2. The van der Waals surface area contributed by atoms with Crippen molar-refractivity contribution in [3.05, 3.63) is 16.5 Å². The molecular formula is C13H18N2O3S2. The van der Waals surface area contributed by atoms with Crippen molar-refractivity contribution < 1.29 is 13.2 Å². The number of primary sulfonamides is 1. The van der Waals surface area contributed by atoms with Crippen LogP contribution < -0.4 is 10.5 Å². The molecule has 2 aliphatic rings. The van der Waals surface area contributed by atoms with E-state index in [0.29, 0.717) is 23.1 Å². The third-order valence-corrected chi connectivity index (χ3v) is 7.12. The van der Waals surface area contributed by atoms with E-state index in [9.17, 15) is 13.2 Å². The minimum absolute atomic E-state index is 0.0750. The number of amides is 1. The number of nitrogens with one attached hydrogen (secondary N) is 1. The van der Waals surface area contributed by atoms with Gasteiger partial charge in [-0.2, -0.15) is 0 Å². The van der Waals surface area contributed by atoms with Gasteiger partial charge in [0.2, 0.25) is 10.0 Å². The zero-order valence-corrected chi connectivity index (χ0v) is 12.9. The van der Waals surface area contributed by atoms with E-state index < -0.39 is 10.0 Å². The lowest BCUT2D eigenvalue weighted by atomic mass is 10.0. The molecule has 0 unspecified atom stereocenters. The van der Waals surface area contributed by atoms with E-state index in [-0.39, 0.29) is 10.1 Å². The molecule has 7 heteroatoms. The van der Waals surface area contributed by atoms with Gasteiger partial charge in [-0.15, -0.1) is 11.3 Å². The average molecular weight is 314 g/mol. The summed E-state index contributed by atoms with van der Waals surface area (Å²) < 4.78 is 22.8. The molecule has 0 aromatic carbocycles. The van der Waals surface area contributed by atoms with Crippen LogP contribution in [0.25, 0.3) is 0 Å². The minimum atomic E-state index is -3.74. The van der Waals surface area contributed by atoms with Gasteiger partial charge in [-0.1, -0.05) is 0 Å². The Kier molecular flexibility index (Phi) is 3.19. The number of hydrogen-bond acceptors (Lipinski definition) is 4. The molecule has 0 bridgehead atoms. The normalized spacial score (nSPS) is 20.7. The molecule has 110 valence electrons. The Hall–Kier alpha value is -0.920. The highest BCUT2D eigenvalue weighted by molar-refractivity contribution is 7.91.